The van der Waals surface area contributed by atoms with Crippen molar-refractivity contribution in [2.75, 3.05) is 12.4 Å². The lowest BCUT2D eigenvalue weighted by Gasteiger charge is -2.19. The quantitative estimate of drug-likeness (QED) is 0.756. The molecule has 0 saturated carbocycles. The fourth-order valence-corrected chi connectivity index (χ4v) is 2.73. The topological polar surface area (TPSA) is 76.7 Å². The average Bonchev–Trinajstić information content (AvgIpc) is 2.76. The number of amides is 1. The van der Waals surface area contributed by atoms with Gasteiger partial charge in [0.25, 0.3) is 0 Å². The minimum atomic E-state index is -0.589. The number of thiophene rings is 1. The van der Waals surface area contributed by atoms with Gasteiger partial charge in [-0.25, -0.2) is 9.59 Å². The van der Waals surface area contributed by atoms with Crippen molar-refractivity contribution >= 4 is 29.1 Å². The smallest absolute Gasteiger partial charge is 0.412 e. The summed E-state index contributed by atoms with van der Waals surface area (Å²) in [6, 6.07) is 1.25. The van der Waals surface area contributed by atoms with Crippen LogP contribution in [0.25, 0.3) is 0 Å². The zero-order chi connectivity index (χ0) is 19.8. The Morgan fingerprint density at radius 1 is 1.12 bits per heavy atom. The van der Waals surface area contributed by atoms with Crippen LogP contribution in [-0.2, 0) is 9.47 Å². The Hall–Kier alpha value is -1.60. The molecule has 0 aliphatic heterocycles. The van der Waals surface area contributed by atoms with Crippen molar-refractivity contribution in [3.05, 3.63) is 15.8 Å². The monoisotopic (exact) mass is 372 g/mol. The van der Waals surface area contributed by atoms with Gasteiger partial charge in [-0.2, -0.15) is 0 Å². The third kappa shape index (κ3) is 10.1. The van der Waals surface area contributed by atoms with Gasteiger partial charge >= 0.3 is 12.1 Å². The molecule has 0 unspecified atom stereocenters. The molecular formula is C18H32N2O4S. The van der Waals surface area contributed by atoms with Gasteiger partial charge < -0.3 is 14.8 Å². The molecule has 2 N–H and O–H groups in total. The summed E-state index contributed by atoms with van der Waals surface area (Å²) >= 11 is 1.36. The highest BCUT2D eigenvalue weighted by atomic mass is 32.1. The van der Waals surface area contributed by atoms with Gasteiger partial charge in [0.2, 0.25) is 0 Å². The first-order valence-corrected chi connectivity index (χ1v) is 9.17. The fraction of sp³-hybridized carbons (Fsp3) is 0.667. The number of aryl methyl sites for hydroxylation is 1. The van der Waals surface area contributed by atoms with Crippen LogP contribution in [0.2, 0.25) is 0 Å². The third-order valence-corrected chi connectivity index (χ3v) is 3.58. The molecule has 1 amide bonds. The number of rotatable bonds is 4. The molecule has 0 aliphatic carbocycles. The molecular weight excluding hydrogens is 340 g/mol. The number of ether oxygens (including phenoxy) is 2. The van der Waals surface area contributed by atoms with Crippen molar-refractivity contribution < 1.29 is 19.1 Å². The molecule has 1 aromatic heterocycles. The van der Waals surface area contributed by atoms with E-state index in [1.807, 2.05) is 6.92 Å². The second-order valence-corrected chi connectivity index (χ2v) is 8.26. The van der Waals surface area contributed by atoms with E-state index >= 15 is 0 Å². The van der Waals surface area contributed by atoms with Crippen LogP contribution in [0.3, 0.4) is 0 Å². The third-order valence-electron chi connectivity index (χ3n) is 2.67. The van der Waals surface area contributed by atoms with Crippen LogP contribution < -0.4 is 10.6 Å². The first kappa shape index (κ1) is 23.4. The second-order valence-electron chi connectivity index (χ2n) is 7.18. The van der Waals surface area contributed by atoms with E-state index in [2.05, 4.69) is 43.1 Å². The molecule has 0 aliphatic rings. The van der Waals surface area contributed by atoms with Crippen LogP contribution in [0.5, 0.6) is 0 Å². The van der Waals surface area contributed by atoms with Gasteiger partial charge in [0, 0.05) is 22.3 Å². The van der Waals surface area contributed by atoms with Crippen LogP contribution in [0.15, 0.2) is 5.38 Å². The SMILES string of the molecule is CC(C)NC(C)C.COC(=O)c1csc(C)c1NC(=O)OC(C)(C)C. The highest BCUT2D eigenvalue weighted by Gasteiger charge is 2.21. The lowest BCUT2D eigenvalue weighted by atomic mass is 10.2. The van der Waals surface area contributed by atoms with Crippen molar-refractivity contribution in [2.24, 2.45) is 0 Å². The molecule has 1 aromatic rings. The van der Waals surface area contributed by atoms with Crippen LogP contribution in [0.4, 0.5) is 10.5 Å². The summed E-state index contributed by atoms with van der Waals surface area (Å²) in [5.41, 5.74) is 0.200. The molecule has 1 rings (SSSR count). The van der Waals surface area contributed by atoms with Crippen LogP contribution in [0.1, 0.15) is 63.7 Å². The van der Waals surface area contributed by atoms with Crippen molar-refractivity contribution in [3.8, 4) is 0 Å². The van der Waals surface area contributed by atoms with E-state index in [0.29, 0.717) is 23.3 Å². The maximum atomic E-state index is 11.7. The molecule has 6 nitrogen and oxygen atoms in total. The number of hydrogen-bond donors (Lipinski definition) is 2. The molecule has 0 bridgehead atoms. The predicted octanol–water partition coefficient (Wildman–Crippen LogP) is 4.58. The fourth-order valence-electron chi connectivity index (χ4n) is 1.94. The number of methoxy groups -OCH3 is 1. The molecule has 0 atom stereocenters. The van der Waals surface area contributed by atoms with E-state index in [1.54, 1.807) is 26.2 Å². The lowest BCUT2D eigenvalue weighted by molar-refractivity contribution is 0.0602. The van der Waals surface area contributed by atoms with E-state index in [0.717, 1.165) is 4.88 Å². The Morgan fingerprint density at radius 3 is 2.00 bits per heavy atom. The molecule has 0 saturated heterocycles. The molecule has 25 heavy (non-hydrogen) atoms. The first-order valence-electron chi connectivity index (χ1n) is 8.29. The summed E-state index contributed by atoms with van der Waals surface area (Å²) in [4.78, 5) is 24.0. The van der Waals surface area contributed by atoms with Crippen molar-refractivity contribution in [2.45, 2.75) is 73.1 Å². The van der Waals surface area contributed by atoms with E-state index in [4.69, 9.17) is 4.74 Å². The Bertz CT molecular complexity index is 554. The number of anilines is 1. The highest BCUT2D eigenvalue weighted by molar-refractivity contribution is 7.10. The largest absolute Gasteiger partial charge is 0.465 e. The lowest BCUT2D eigenvalue weighted by Crippen LogP contribution is -2.29. The normalized spacial score (nSPS) is 11.0. The zero-order valence-electron chi connectivity index (χ0n) is 16.8. The van der Waals surface area contributed by atoms with E-state index in [1.165, 1.54) is 18.4 Å². The Balaban J connectivity index is 0.000000697. The van der Waals surface area contributed by atoms with E-state index < -0.39 is 17.7 Å². The van der Waals surface area contributed by atoms with E-state index in [-0.39, 0.29) is 0 Å². The van der Waals surface area contributed by atoms with Crippen LogP contribution >= 0.6 is 11.3 Å². The van der Waals surface area contributed by atoms with Gasteiger partial charge in [0.15, 0.2) is 0 Å². The zero-order valence-corrected chi connectivity index (χ0v) is 17.6. The maximum absolute atomic E-state index is 11.7. The average molecular weight is 373 g/mol. The van der Waals surface area contributed by atoms with Gasteiger partial charge in [0.1, 0.15) is 5.60 Å². The Kier molecular flexibility index (Phi) is 9.74. The number of nitrogens with one attached hydrogen (secondary N) is 2. The predicted molar refractivity (Wildman–Crippen MR) is 104 cm³/mol. The van der Waals surface area contributed by atoms with Gasteiger partial charge in [-0.05, 0) is 27.7 Å². The standard InChI is InChI=1S/C12H17NO4S.C6H15N/c1-7-9(8(6-18-7)10(14)16-5)13-11(15)17-12(2,3)4;1-5(2)7-6(3)4/h6H,1-5H3,(H,13,15);5-7H,1-4H3. The summed E-state index contributed by atoms with van der Waals surface area (Å²) in [5, 5.41) is 7.53. The second kappa shape index (κ2) is 10.4. The van der Waals surface area contributed by atoms with Crippen molar-refractivity contribution in [1.29, 1.82) is 0 Å². The maximum Gasteiger partial charge on any atom is 0.412 e. The molecule has 1 heterocycles. The summed E-state index contributed by atoms with van der Waals surface area (Å²) < 4.78 is 9.79. The summed E-state index contributed by atoms with van der Waals surface area (Å²) in [6.45, 7) is 15.7. The Morgan fingerprint density at radius 2 is 1.64 bits per heavy atom. The minimum absolute atomic E-state index is 0.339. The van der Waals surface area contributed by atoms with Crippen molar-refractivity contribution in [3.63, 3.8) is 0 Å². The first-order chi connectivity index (χ1) is 11.4. The summed E-state index contributed by atoms with van der Waals surface area (Å²) in [6.07, 6.45) is -0.589. The van der Waals surface area contributed by atoms with Gasteiger partial charge in [-0.1, -0.05) is 27.7 Å². The van der Waals surface area contributed by atoms with Gasteiger partial charge in [-0.15, -0.1) is 11.3 Å². The van der Waals surface area contributed by atoms with E-state index in [9.17, 15) is 9.59 Å². The number of hydrogen-bond acceptors (Lipinski definition) is 6. The number of esters is 1. The molecule has 0 spiro atoms. The number of carbonyl (C=O) groups is 2. The minimum Gasteiger partial charge on any atom is -0.465 e. The molecule has 0 aromatic carbocycles. The van der Waals surface area contributed by atoms with Gasteiger partial charge in [-0.3, -0.25) is 5.32 Å². The molecule has 144 valence electrons. The molecule has 0 fully saturated rings. The number of carbonyl (C=O) groups excluding carboxylic acids is 2. The molecule has 7 heteroatoms. The van der Waals surface area contributed by atoms with Gasteiger partial charge in [0.05, 0.1) is 18.4 Å². The van der Waals surface area contributed by atoms with Crippen molar-refractivity contribution in [1.82, 2.24) is 5.32 Å². The summed E-state index contributed by atoms with van der Waals surface area (Å²) in [7, 11) is 1.30. The van der Waals surface area contributed by atoms with Crippen LogP contribution in [0, 0.1) is 6.92 Å². The molecule has 0 radical (unpaired) electrons. The highest BCUT2D eigenvalue weighted by Crippen LogP contribution is 2.28. The van der Waals surface area contributed by atoms with Crippen LogP contribution in [-0.4, -0.2) is 36.9 Å². The summed E-state index contributed by atoms with van der Waals surface area (Å²) in [5.74, 6) is -0.481. The Labute approximate surface area is 155 Å².